The number of carbonyl (C=O) groups excluding carboxylic acids is 2. The minimum Gasteiger partial charge on any atom is -0.371 e. The van der Waals surface area contributed by atoms with Crippen LogP contribution >= 0.6 is 0 Å². The van der Waals surface area contributed by atoms with Crippen LogP contribution in [0, 0.1) is 0 Å². The molecule has 2 fully saturated rings. The number of amides is 1. The fourth-order valence-corrected chi connectivity index (χ4v) is 3.16. The number of nitrogens with one attached hydrogen (secondary N) is 1. The largest absolute Gasteiger partial charge is 0.371 e. The quantitative estimate of drug-likeness (QED) is 0.769. The third-order valence-corrected chi connectivity index (χ3v) is 4.11. The van der Waals surface area contributed by atoms with Gasteiger partial charge < -0.3 is 15.0 Å². The summed E-state index contributed by atoms with van der Waals surface area (Å²) in [5.41, 5.74) is 2.16. The van der Waals surface area contributed by atoms with E-state index in [1.807, 2.05) is 12.1 Å². The van der Waals surface area contributed by atoms with Crippen molar-refractivity contribution in [3.63, 3.8) is 0 Å². The molecule has 98 valence electrons. The number of ether oxygens (including phenoxy) is 1. The van der Waals surface area contributed by atoms with Gasteiger partial charge in [-0.3, -0.25) is 9.59 Å². The monoisotopic (exact) mass is 258 g/mol. The molecule has 0 radical (unpaired) electrons. The average molecular weight is 258 g/mol. The number of morpholine rings is 1. The molecule has 2 unspecified atom stereocenters. The van der Waals surface area contributed by atoms with Crippen LogP contribution in [0.15, 0.2) is 18.2 Å². The van der Waals surface area contributed by atoms with Crippen molar-refractivity contribution in [1.82, 2.24) is 0 Å². The van der Waals surface area contributed by atoms with Crippen LogP contribution in [0.5, 0.6) is 0 Å². The van der Waals surface area contributed by atoms with Crippen molar-refractivity contribution in [2.75, 3.05) is 23.3 Å². The molecule has 2 saturated heterocycles. The van der Waals surface area contributed by atoms with Gasteiger partial charge in [0.1, 0.15) is 0 Å². The predicted octanol–water partition coefficient (Wildman–Crippen LogP) is 1.19. The first-order chi connectivity index (χ1) is 9.20. The van der Waals surface area contributed by atoms with Crippen LogP contribution in [0.4, 0.5) is 11.4 Å². The van der Waals surface area contributed by atoms with E-state index < -0.39 is 11.7 Å². The number of rotatable bonds is 1. The van der Waals surface area contributed by atoms with E-state index in [-0.39, 0.29) is 0 Å². The number of anilines is 2. The molecule has 5 nitrogen and oxygen atoms in total. The number of benzene rings is 1. The van der Waals surface area contributed by atoms with Gasteiger partial charge in [0.25, 0.3) is 11.7 Å². The van der Waals surface area contributed by atoms with Gasteiger partial charge in [-0.1, -0.05) is 0 Å². The number of nitrogens with zero attached hydrogens (tertiary/aromatic N) is 1. The van der Waals surface area contributed by atoms with Gasteiger partial charge in [0.2, 0.25) is 0 Å². The van der Waals surface area contributed by atoms with Crippen LogP contribution in [0.2, 0.25) is 0 Å². The van der Waals surface area contributed by atoms with Gasteiger partial charge in [-0.15, -0.1) is 0 Å². The maximum Gasteiger partial charge on any atom is 0.296 e. The number of Topliss-reactive ketones (excluding diaryl/α,β-unsaturated/α-hetero) is 1. The van der Waals surface area contributed by atoms with E-state index in [1.54, 1.807) is 6.07 Å². The molecule has 1 amide bonds. The Morgan fingerprint density at radius 1 is 1.16 bits per heavy atom. The zero-order chi connectivity index (χ0) is 13.0. The summed E-state index contributed by atoms with van der Waals surface area (Å²) >= 11 is 0. The van der Waals surface area contributed by atoms with Crippen LogP contribution < -0.4 is 10.2 Å². The minimum absolute atomic E-state index is 0.322. The SMILES string of the molecule is O=C1Nc2cc(N3CC4CCC(C3)O4)ccc2C1=O. The summed E-state index contributed by atoms with van der Waals surface area (Å²) < 4.78 is 5.81. The number of hydrogen-bond donors (Lipinski definition) is 1. The van der Waals surface area contributed by atoms with Crippen molar-refractivity contribution >= 4 is 23.1 Å². The summed E-state index contributed by atoms with van der Waals surface area (Å²) in [6, 6.07) is 5.55. The van der Waals surface area contributed by atoms with Crippen LogP contribution in [-0.2, 0) is 9.53 Å². The summed E-state index contributed by atoms with van der Waals surface area (Å²) in [5, 5.41) is 2.62. The highest BCUT2D eigenvalue weighted by molar-refractivity contribution is 6.51. The maximum absolute atomic E-state index is 11.6. The van der Waals surface area contributed by atoms with Crippen molar-refractivity contribution in [2.45, 2.75) is 25.0 Å². The second-order valence-corrected chi connectivity index (χ2v) is 5.38. The standard InChI is InChI=1S/C14H14N2O3/c17-13-11-4-1-8(5-12(11)15-14(13)18)16-6-9-2-3-10(7-16)19-9/h1,4-5,9-10H,2-3,6-7H2,(H,15,17,18). The lowest BCUT2D eigenvalue weighted by Crippen LogP contribution is -2.42. The first-order valence-electron chi connectivity index (χ1n) is 6.61. The van der Waals surface area contributed by atoms with Gasteiger partial charge in [0, 0.05) is 18.8 Å². The first-order valence-corrected chi connectivity index (χ1v) is 6.61. The fourth-order valence-electron chi connectivity index (χ4n) is 3.16. The Morgan fingerprint density at radius 3 is 2.63 bits per heavy atom. The minimum atomic E-state index is -0.533. The topological polar surface area (TPSA) is 58.6 Å². The molecule has 0 spiro atoms. The molecule has 2 atom stereocenters. The molecule has 4 rings (SSSR count). The van der Waals surface area contributed by atoms with Crippen molar-refractivity contribution in [2.24, 2.45) is 0 Å². The maximum atomic E-state index is 11.6. The third-order valence-electron chi connectivity index (χ3n) is 4.11. The molecule has 1 N–H and O–H groups in total. The van der Waals surface area contributed by atoms with E-state index in [0.717, 1.165) is 31.6 Å². The molecular formula is C14H14N2O3. The van der Waals surface area contributed by atoms with Crippen molar-refractivity contribution < 1.29 is 14.3 Å². The molecule has 3 aliphatic heterocycles. The second kappa shape index (κ2) is 3.81. The lowest BCUT2D eigenvalue weighted by molar-refractivity contribution is -0.112. The Hall–Kier alpha value is -1.88. The Balaban J connectivity index is 1.65. The van der Waals surface area contributed by atoms with Gasteiger partial charge in [0.15, 0.2) is 0 Å². The average Bonchev–Trinajstić information content (AvgIpc) is 2.90. The highest BCUT2D eigenvalue weighted by Gasteiger charge is 2.34. The van der Waals surface area contributed by atoms with E-state index >= 15 is 0 Å². The fraction of sp³-hybridized carbons (Fsp3) is 0.429. The molecule has 19 heavy (non-hydrogen) atoms. The summed E-state index contributed by atoms with van der Waals surface area (Å²) in [6.45, 7) is 1.77. The second-order valence-electron chi connectivity index (χ2n) is 5.38. The van der Waals surface area contributed by atoms with Gasteiger partial charge >= 0.3 is 0 Å². The van der Waals surface area contributed by atoms with E-state index in [2.05, 4.69) is 10.2 Å². The Kier molecular flexibility index (Phi) is 2.20. The molecule has 5 heteroatoms. The summed E-state index contributed by atoms with van der Waals surface area (Å²) in [5.74, 6) is -0.974. The van der Waals surface area contributed by atoms with Gasteiger partial charge in [0.05, 0.1) is 23.5 Å². The van der Waals surface area contributed by atoms with E-state index in [4.69, 9.17) is 4.74 Å². The molecule has 3 aliphatic rings. The lowest BCUT2D eigenvalue weighted by Gasteiger charge is -2.34. The van der Waals surface area contributed by atoms with E-state index in [0.29, 0.717) is 23.5 Å². The molecule has 0 aliphatic carbocycles. The van der Waals surface area contributed by atoms with Gasteiger partial charge in [-0.2, -0.15) is 0 Å². The van der Waals surface area contributed by atoms with Crippen molar-refractivity contribution in [3.8, 4) is 0 Å². The van der Waals surface area contributed by atoms with Crippen LogP contribution in [0.1, 0.15) is 23.2 Å². The van der Waals surface area contributed by atoms with Crippen LogP contribution in [0.25, 0.3) is 0 Å². The van der Waals surface area contributed by atoms with Gasteiger partial charge in [-0.05, 0) is 31.0 Å². The molecule has 3 heterocycles. The predicted molar refractivity (Wildman–Crippen MR) is 69.5 cm³/mol. The Morgan fingerprint density at radius 2 is 1.89 bits per heavy atom. The first kappa shape index (κ1) is 11.0. The molecule has 0 saturated carbocycles. The summed E-state index contributed by atoms with van der Waals surface area (Å²) in [7, 11) is 0. The molecular weight excluding hydrogens is 244 g/mol. The van der Waals surface area contributed by atoms with E-state index in [9.17, 15) is 9.59 Å². The highest BCUT2D eigenvalue weighted by atomic mass is 16.5. The van der Waals surface area contributed by atoms with Crippen LogP contribution in [-0.4, -0.2) is 37.0 Å². The summed E-state index contributed by atoms with van der Waals surface area (Å²) in [6.07, 6.45) is 2.90. The third kappa shape index (κ3) is 1.65. The molecule has 1 aromatic carbocycles. The Bertz CT molecular complexity index is 572. The molecule has 1 aromatic rings. The van der Waals surface area contributed by atoms with Crippen molar-refractivity contribution in [1.29, 1.82) is 0 Å². The van der Waals surface area contributed by atoms with Gasteiger partial charge in [-0.25, -0.2) is 0 Å². The highest BCUT2D eigenvalue weighted by Crippen LogP contribution is 2.33. The Labute approximate surface area is 110 Å². The molecule has 0 aromatic heterocycles. The van der Waals surface area contributed by atoms with E-state index in [1.165, 1.54) is 0 Å². The number of hydrogen-bond acceptors (Lipinski definition) is 4. The lowest BCUT2D eigenvalue weighted by atomic mass is 10.1. The van der Waals surface area contributed by atoms with Crippen molar-refractivity contribution in [3.05, 3.63) is 23.8 Å². The zero-order valence-electron chi connectivity index (χ0n) is 10.4. The molecule has 2 bridgehead atoms. The van der Waals surface area contributed by atoms with Crippen LogP contribution in [0.3, 0.4) is 0 Å². The number of ketones is 1. The number of carbonyl (C=O) groups is 2. The number of fused-ring (bicyclic) bond motifs is 3. The normalized spacial score (nSPS) is 28.5. The zero-order valence-corrected chi connectivity index (χ0v) is 10.4. The smallest absolute Gasteiger partial charge is 0.296 e. The summed E-state index contributed by atoms with van der Waals surface area (Å²) in [4.78, 5) is 25.2.